The standard InChI is InChI=1S/C20H18F3NO4/c1-27-19(26)17-9-4-10-24(17)18(25)13-5-2-7-15(11-13)28-16-8-3-6-14(12-16)20(21,22)23/h2-3,5-8,11-12,17H,4,9-10H2,1H3. The zero-order valence-corrected chi connectivity index (χ0v) is 15.0. The molecule has 0 aromatic heterocycles. The topological polar surface area (TPSA) is 55.8 Å². The number of nitrogens with zero attached hydrogens (tertiary/aromatic N) is 1. The zero-order valence-electron chi connectivity index (χ0n) is 15.0. The summed E-state index contributed by atoms with van der Waals surface area (Å²) in [7, 11) is 1.27. The molecule has 0 bridgehead atoms. The molecule has 1 fully saturated rings. The normalized spacial score (nSPS) is 16.7. The molecule has 1 aliphatic rings. The number of hydrogen-bond acceptors (Lipinski definition) is 4. The van der Waals surface area contributed by atoms with Gasteiger partial charge in [0.1, 0.15) is 17.5 Å². The summed E-state index contributed by atoms with van der Waals surface area (Å²) < 4.78 is 48.8. The number of ether oxygens (including phenoxy) is 2. The maximum atomic E-state index is 12.8. The van der Waals surface area contributed by atoms with Crippen LogP contribution in [0.3, 0.4) is 0 Å². The summed E-state index contributed by atoms with van der Waals surface area (Å²) in [6.45, 7) is 0.428. The van der Waals surface area contributed by atoms with Crippen LogP contribution in [0.4, 0.5) is 13.2 Å². The van der Waals surface area contributed by atoms with E-state index < -0.39 is 23.8 Å². The Morgan fingerprint density at radius 3 is 2.43 bits per heavy atom. The molecule has 1 atom stereocenters. The Labute approximate surface area is 159 Å². The number of esters is 1. The van der Waals surface area contributed by atoms with Gasteiger partial charge in [0.25, 0.3) is 5.91 Å². The molecule has 1 saturated heterocycles. The number of carbonyl (C=O) groups excluding carboxylic acids is 2. The van der Waals surface area contributed by atoms with Crippen LogP contribution in [0.1, 0.15) is 28.8 Å². The molecule has 5 nitrogen and oxygen atoms in total. The van der Waals surface area contributed by atoms with Gasteiger partial charge in [-0.3, -0.25) is 4.79 Å². The number of hydrogen-bond donors (Lipinski definition) is 0. The van der Waals surface area contributed by atoms with Crippen LogP contribution in [0.2, 0.25) is 0 Å². The van der Waals surface area contributed by atoms with Gasteiger partial charge in [-0.25, -0.2) is 4.79 Å². The highest BCUT2D eigenvalue weighted by atomic mass is 19.4. The van der Waals surface area contributed by atoms with Crippen LogP contribution in [0, 0.1) is 0 Å². The van der Waals surface area contributed by atoms with E-state index >= 15 is 0 Å². The maximum Gasteiger partial charge on any atom is 0.416 e. The van der Waals surface area contributed by atoms with Gasteiger partial charge >= 0.3 is 12.1 Å². The molecule has 1 aliphatic heterocycles. The molecule has 1 amide bonds. The van der Waals surface area contributed by atoms with Crippen molar-refractivity contribution in [3.63, 3.8) is 0 Å². The number of methoxy groups -OCH3 is 1. The molecule has 0 N–H and O–H groups in total. The Hall–Kier alpha value is -3.03. The van der Waals surface area contributed by atoms with Crippen LogP contribution in [0.25, 0.3) is 0 Å². The summed E-state index contributed by atoms with van der Waals surface area (Å²) >= 11 is 0. The lowest BCUT2D eigenvalue weighted by molar-refractivity contribution is -0.145. The third-order valence-corrected chi connectivity index (χ3v) is 4.46. The van der Waals surface area contributed by atoms with Crippen molar-refractivity contribution < 1.29 is 32.2 Å². The van der Waals surface area contributed by atoms with Crippen LogP contribution >= 0.6 is 0 Å². The van der Waals surface area contributed by atoms with Gasteiger partial charge in [0.05, 0.1) is 12.7 Å². The van der Waals surface area contributed by atoms with E-state index in [9.17, 15) is 22.8 Å². The Morgan fingerprint density at radius 2 is 1.75 bits per heavy atom. The first kappa shape index (κ1) is 19.7. The molecule has 0 saturated carbocycles. The number of alkyl halides is 3. The maximum absolute atomic E-state index is 12.8. The van der Waals surface area contributed by atoms with E-state index in [2.05, 4.69) is 0 Å². The molecule has 28 heavy (non-hydrogen) atoms. The van der Waals surface area contributed by atoms with E-state index in [1.165, 1.54) is 30.2 Å². The quantitative estimate of drug-likeness (QED) is 0.728. The summed E-state index contributed by atoms with van der Waals surface area (Å²) in [6.07, 6.45) is -3.26. The van der Waals surface area contributed by atoms with Gasteiger partial charge in [-0.2, -0.15) is 13.2 Å². The molecule has 0 spiro atoms. The first-order chi connectivity index (χ1) is 13.3. The number of halogens is 3. The van der Waals surface area contributed by atoms with Crippen molar-refractivity contribution in [1.82, 2.24) is 4.90 Å². The second-order valence-corrected chi connectivity index (χ2v) is 6.34. The van der Waals surface area contributed by atoms with Crippen molar-refractivity contribution in [2.75, 3.05) is 13.7 Å². The number of amides is 1. The molecule has 8 heteroatoms. The Morgan fingerprint density at radius 1 is 1.07 bits per heavy atom. The van der Waals surface area contributed by atoms with Gasteiger partial charge in [-0.15, -0.1) is 0 Å². The Balaban J connectivity index is 1.79. The minimum absolute atomic E-state index is 0.00744. The summed E-state index contributed by atoms with van der Waals surface area (Å²) in [5.41, 5.74) is -0.546. The molecule has 2 aromatic rings. The van der Waals surface area contributed by atoms with Gasteiger partial charge in [-0.1, -0.05) is 12.1 Å². The first-order valence-corrected chi connectivity index (χ1v) is 8.63. The van der Waals surface area contributed by atoms with E-state index in [1.807, 2.05) is 0 Å². The van der Waals surface area contributed by atoms with Crippen molar-refractivity contribution >= 4 is 11.9 Å². The van der Waals surface area contributed by atoms with Crippen molar-refractivity contribution in [3.8, 4) is 11.5 Å². The Kier molecular flexibility index (Phi) is 5.58. The van der Waals surface area contributed by atoms with Crippen LogP contribution in [-0.4, -0.2) is 36.5 Å². The fourth-order valence-corrected chi connectivity index (χ4v) is 3.12. The van der Waals surface area contributed by atoms with Crippen LogP contribution in [0.5, 0.6) is 11.5 Å². The average molecular weight is 393 g/mol. The van der Waals surface area contributed by atoms with Gasteiger partial charge in [0.2, 0.25) is 0 Å². The van der Waals surface area contributed by atoms with Crippen LogP contribution in [0.15, 0.2) is 48.5 Å². The highest BCUT2D eigenvalue weighted by molar-refractivity contribution is 5.97. The molecular weight excluding hydrogens is 375 g/mol. The van der Waals surface area contributed by atoms with Crippen molar-refractivity contribution in [2.45, 2.75) is 25.1 Å². The van der Waals surface area contributed by atoms with Crippen molar-refractivity contribution in [2.24, 2.45) is 0 Å². The highest BCUT2D eigenvalue weighted by Crippen LogP contribution is 2.33. The van der Waals surface area contributed by atoms with E-state index in [0.717, 1.165) is 12.1 Å². The van der Waals surface area contributed by atoms with E-state index in [1.54, 1.807) is 18.2 Å². The summed E-state index contributed by atoms with van der Waals surface area (Å²) in [5.74, 6) is -0.600. The second-order valence-electron chi connectivity index (χ2n) is 6.34. The van der Waals surface area contributed by atoms with E-state index in [-0.39, 0.29) is 23.0 Å². The summed E-state index contributed by atoms with van der Waals surface area (Å²) in [6, 6.07) is 9.97. The molecule has 2 aromatic carbocycles. The fraction of sp³-hybridized carbons (Fsp3) is 0.300. The summed E-state index contributed by atoms with van der Waals surface area (Å²) in [4.78, 5) is 26.1. The predicted molar refractivity (Wildman–Crippen MR) is 94.0 cm³/mol. The lowest BCUT2D eigenvalue weighted by Crippen LogP contribution is -2.41. The molecule has 0 radical (unpaired) electrons. The monoisotopic (exact) mass is 393 g/mol. The van der Waals surface area contributed by atoms with Crippen molar-refractivity contribution in [3.05, 3.63) is 59.7 Å². The molecule has 148 valence electrons. The van der Waals surface area contributed by atoms with Crippen LogP contribution in [-0.2, 0) is 15.7 Å². The zero-order chi connectivity index (χ0) is 20.3. The molecule has 3 rings (SSSR count). The van der Waals surface area contributed by atoms with Crippen LogP contribution < -0.4 is 4.74 Å². The Bertz CT molecular complexity index is 882. The largest absolute Gasteiger partial charge is 0.467 e. The van der Waals surface area contributed by atoms with Gasteiger partial charge in [-0.05, 0) is 49.2 Å². The van der Waals surface area contributed by atoms with Crippen molar-refractivity contribution in [1.29, 1.82) is 0 Å². The smallest absolute Gasteiger partial charge is 0.416 e. The molecular formula is C20H18F3NO4. The lowest BCUT2D eigenvalue weighted by atomic mass is 10.1. The molecule has 0 aliphatic carbocycles. The highest BCUT2D eigenvalue weighted by Gasteiger charge is 2.35. The molecule has 1 heterocycles. The first-order valence-electron chi connectivity index (χ1n) is 8.63. The van der Waals surface area contributed by atoms with E-state index in [0.29, 0.717) is 19.4 Å². The number of rotatable bonds is 4. The minimum atomic E-state index is -4.48. The number of likely N-dealkylation sites (tertiary alicyclic amines) is 1. The van der Waals surface area contributed by atoms with E-state index in [4.69, 9.17) is 9.47 Å². The molecule has 1 unspecified atom stereocenters. The minimum Gasteiger partial charge on any atom is -0.467 e. The lowest BCUT2D eigenvalue weighted by Gasteiger charge is -2.22. The van der Waals surface area contributed by atoms with Gasteiger partial charge in [0, 0.05) is 12.1 Å². The average Bonchev–Trinajstić information content (AvgIpc) is 3.16. The van der Waals surface area contributed by atoms with Gasteiger partial charge in [0.15, 0.2) is 0 Å². The summed E-state index contributed by atoms with van der Waals surface area (Å²) in [5, 5.41) is 0. The number of carbonyl (C=O) groups is 2. The third kappa shape index (κ3) is 4.27. The second kappa shape index (κ2) is 7.92. The number of benzene rings is 2. The SMILES string of the molecule is COC(=O)C1CCCN1C(=O)c1cccc(Oc2cccc(C(F)(F)F)c2)c1. The fourth-order valence-electron chi connectivity index (χ4n) is 3.12. The third-order valence-electron chi connectivity index (χ3n) is 4.46. The predicted octanol–water partition coefficient (Wildman–Crippen LogP) is 4.28. The van der Waals surface area contributed by atoms with Gasteiger partial charge < -0.3 is 14.4 Å².